The van der Waals surface area contributed by atoms with Crippen LogP contribution in [0.4, 0.5) is 0 Å². The normalized spacial score (nSPS) is 34.4. The average molecular weight is 320 g/mol. The van der Waals surface area contributed by atoms with Crippen LogP contribution in [0.3, 0.4) is 0 Å². The average Bonchev–Trinajstić information content (AvgIpc) is 2.73. The first kappa shape index (κ1) is 15.6. The summed E-state index contributed by atoms with van der Waals surface area (Å²) in [5, 5.41) is 10.1. The summed E-state index contributed by atoms with van der Waals surface area (Å²) < 4.78 is 5.42. The van der Waals surface area contributed by atoms with Gasteiger partial charge in [-0.3, -0.25) is 9.59 Å². The van der Waals surface area contributed by atoms with E-state index in [0.29, 0.717) is 5.75 Å². The maximum absolute atomic E-state index is 12.1. The molecular formula is C17H20O4S. The van der Waals surface area contributed by atoms with Gasteiger partial charge in [0, 0.05) is 29.4 Å². The van der Waals surface area contributed by atoms with E-state index in [4.69, 9.17) is 4.74 Å². The Morgan fingerprint density at radius 2 is 2.09 bits per heavy atom. The molecule has 2 fully saturated rings. The minimum atomic E-state index is -1.36. The van der Waals surface area contributed by atoms with Crippen molar-refractivity contribution < 1.29 is 19.4 Å². The lowest BCUT2D eigenvalue weighted by Crippen LogP contribution is -2.47. The summed E-state index contributed by atoms with van der Waals surface area (Å²) >= 11 is 1.63. The van der Waals surface area contributed by atoms with Crippen LogP contribution in [0.2, 0.25) is 0 Å². The highest BCUT2D eigenvalue weighted by Gasteiger charge is 2.53. The molecule has 1 aromatic rings. The van der Waals surface area contributed by atoms with Gasteiger partial charge in [-0.1, -0.05) is 18.2 Å². The van der Waals surface area contributed by atoms with E-state index in [-0.39, 0.29) is 42.5 Å². The molecule has 1 N–H and O–H groups in total. The maximum Gasteiger partial charge on any atom is 0.310 e. The number of benzene rings is 1. The Hall–Kier alpha value is -1.33. The fourth-order valence-electron chi connectivity index (χ4n) is 3.25. The molecule has 0 aromatic heterocycles. The molecule has 0 bridgehead atoms. The molecule has 5 heteroatoms. The second-order valence-electron chi connectivity index (χ2n) is 6.43. The van der Waals surface area contributed by atoms with Gasteiger partial charge in [-0.15, -0.1) is 11.8 Å². The summed E-state index contributed by atoms with van der Waals surface area (Å²) in [7, 11) is 0. The first-order valence-corrected chi connectivity index (χ1v) is 8.51. The Labute approximate surface area is 134 Å². The van der Waals surface area contributed by atoms with Gasteiger partial charge in [0.1, 0.15) is 11.7 Å². The lowest BCUT2D eigenvalue weighted by atomic mass is 9.74. The quantitative estimate of drug-likeness (QED) is 0.684. The number of rotatable bonds is 3. The van der Waals surface area contributed by atoms with Gasteiger partial charge in [0.05, 0.1) is 5.92 Å². The summed E-state index contributed by atoms with van der Waals surface area (Å²) in [6, 6.07) is 8.04. The third kappa shape index (κ3) is 2.79. The molecule has 3 rings (SSSR count). The number of Topliss-reactive ketones (excluding diaryl/α,β-unsaturated/α-hetero) is 1. The second kappa shape index (κ2) is 5.70. The fourth-order valence-corrected chi connectivity index (χ4v) is 4.47. The van der Waals surface area contributed by atoms with Gasteiger partial charge in [0.25, 0.3) is 0 Å². The molecular weight excluding hydrogens is 300 g/mol. The third-order valence-electron chi connectivity index (χ3n) is 4.70. The van der Waals surface area contributed by atoms with Crippen molar-refractivity contribution in [1.29, 1.82) is 0 Å². The molecule has 2 aliphatic rings. The Morgan fingerprint density at radius 1 is 1.36 bits per heavy atom. The largest absolute Gasteiger partial charge is 0.462 e. The summed E-state index contributed by atoms with van der Waals surface area (Å²) in [6.07, 6.45) is 0.110. The van der Waals surface area contributed by atoms with Crippen molar-refractivity contribution in [3.8, 4) is 0 Å². The zero-order chi connectivity index (χ0) is 15.9. The molecule has 0 unspecified atom stereocenters. The highest BCUT2D eigenvalue weighted by molar-refractivity contribution is 7.99. The van der Waals surface area contributed by atoms with Crippen molar-refractivity contribution >= 4 is 23.5 Å². The Balaban J connectivity index is 1.71. The van der Waals surface area contributed by atoms with Gasteiger partial charge in [0.15, 0.2) is 5.78 Å². The van der Waals surface area contributed by atoms with Gasteiger partial charge in [-0.2, -0.15) is 0 Å². The zero-order valence-corrected chi connectivity index (χ0v) is 13.6. The molecule has 1 aromatic carbocycles. The SMILES string of the molecule is Cc1ccccc1SC[C@H]1C(=O)O[C@@H]2C[C@](C)(O)C(=O)C[C@@H]21. The van der Waals surface area contributed by atoms with Gasteiger partial charge in [-0.25, -0.2) is 0 Å². The van der Waals surface area contributed by atoms with Gasteiger partial charge < -0.3 is 9.84 Å². The van der Waals surface area contributed by atoms with E-state index in [9.17, 15) is 14.7 Å². The van der Waals surface area contributed by atoms with Crippen LogP contribution >= 0.6 is 11.8 Å². The molecule has 4 nitrogen and oxygen atoms in total. The smallest absolute Gasteiger partial charge is 0.310 e. The second-order valence-corrected chi connectivity index (χ2v) is 7.49. The van der Waals surface area contributed by atoms with Crippen LogP contribution in [0.1, 0.15) is 25.3 Å². The number of esters is 1. The number of hydrogen-bond donors (Lipinski definition) is 1. The van der Waals surface area contributed by atoms with Crippen molar-refractivity contribution in [2.75, 3.05) is 5.75 Å². The first-order chi connectivity index (χ1) is 10.4. The predicted octanol–water partition coefficient (Wildman–Crippen LogP) is 2.36. The van der Waals surface area contributed by atoms with E-state index in [1.165, 1.54) is 12.5 Å². The summed E-state index contributed by atoms with van der Waals surface area (Å²) in [5.74, 6) is -0.175. The molecule has 1 saturated carbocycles. The number of thioether (sulfide) groups is 1. The number of hydrogen-bond acceptors (Lipinski definition) is 5. The lowest BCUT2D eigenvalue weighted by Gasteiger charge is -2.34. The standard InChI is InChI=1S/C17H20O4S/c1-10-5-3-4-6-14(10)22-9-12-11-7-15(18)17(2,20)8-13(11)21-16(12)19/h3-6,11-13,20H,7-9H2,1-2H3/t11-,12-,13-,17+/m1/s1. The highest BCUT2D eigenvalue weighted by atomic mass is 32.2. The molecule has 0 spiro atoms. The number of carbonyl (C=O) groups excluding carboxylic acids is 2. The van der Waals surface area contributed by atoms with Crippen LogP contribution in [-0.2, 0) is 14.3 Å². The van der Waals surface area contributed by atoms with E-state index in [1.807, 2.05) is 31.2 Å². The van der Waals surface area contributed by atoms with Crippen LogP contribution in [-0.4, -0.2) is 34.3 Å². The number of carbonyl (C=O) groups is 2. The van der Waals surface area contributed by atoms with E-state index in [0.717, 1.165) is 4.90 Å². The van der Waals surface area contributed by atoms with Crippen molar-refractivity contribution in [3.05, 3.63) is 29.8 Å². The van der Waals surface area contributed by atoms with Gasteiger partial charge >= 0.3 is 5.97 Å². The lowest BCUT2D eigenvalue weighted by molar-refractivity contribution is -0.153. The summed E-state index contributed by atoms with van der Waals surface area (Å²) in [4.78, 5) is 25.3. The molecule has 1 saturated heterocycles. The molecule has 118 valence electrons. The molecule has 4 atom stereocenters. The van der Waals surface area contributed by atoms with Crippen LogP contribution in [0.25, 0.3) is 0 Å². The Morgan fingerprint density at radius 3 is 2.82 bits per heavy atom. The van der Waals surface area contributed by atoms with Crippen LogP contribution in [0, 0.1) is 18.8 Å². The molecule has 1 heterocycles. The fraction of sp³-hybridized carbons (Fsp3) is 0.529. The molecule has 1 aliphatic carbocycles. The monoisotopic (exact) mass is 320 g/mol. The number of aryl methyl sites for hydroxylation is 1. The van der Waals surface area contributed by atoms with Gasteiger partial charge in [-0.05, 0) is 25.5 Å². The van der Waals surface area contributed by atoms with Crippen LogP contribution in [0.5, 0.6) is 0 Å². The van der Waals surface area contributed by atoms with E-state index >= 15 is 0 Å². The number of aliphatic hydroxyl groups is 1. The number of ketones is 1. The minimum absolute atomic E-state index is 0.100. The summed E-state index contributed by atoms with van der Waals surface area (Å²) in [5.41, 5.74) is -0.183. The maximum atomic E-state index is 12.1. The van der Waals surface area contributed by atoms with Crippen molar-refractivity contribution in [3.63, 3.8) is 0 Å². The highest BCUT2D eigenvalue weighted by Crippen LogP contribution is 2.43. The molecule has 0 radical (unpaired) electrons. The molecule has 1 aliphatic heterocycles. The molecule has 0 amide bonds. The first-order valence-electron chi connectivity index (χ1n) is 7.53. The topological polar surface area (TPSA) is 63.6 Å². The van der Waals surface area contributed by atoms with E-state index < -0.39 is 5.60 Å². The summed E-state index contributed by atoms with van der Waals surface area (Å²) in [6.45, 7) is 3.55. The van der Waals surface area contributed by atoms with Crippen molar-refractivity contribution in [2.45, 2.75) is 43.3 Å². The predicted molar refractivity (Wildman–Crippen MR) is 83.6 cm³/mol. The van der Waals surface area contributed by atoms with E-state index in [2.05, 4.69) is 0 Å². The number of ether oxygens (including phenoxy) is 1. The third-order valence-corrected chi connectivity index (χ3v) is 5.99. The van der Waals surface area contributed by atoms with Crippen LogP contribution < -0.4 is 0 Å². The zero-order valence-electron chi connectivity index (χ0n) is 12.7. The molecule has 22 heavy (non-hydrogen) atoms. The Kier molecular flexibility index (Phi) is 4.03. The van der Waals surface area contributed by atoms with Crippen LogP contribution in [0.15, 0.2) is 29.2 Å². The van der Waals surface area contributed by atoms with Crippen molar-refractivity contribution in [2.24, 2.45) is 11.8 Å². The van der Waals surface area contributed by atoms with E-state index in [1.54, 1.807) is 11.8 Å². The Bertz CT molecular complexity index is 610. The van der Waals surface area contributed by atoms with Crippen molar-refractivity contribution in [1.82, 2.24) is 0 Å². The minimum Gasteiger partial charge on any atom is -0.462 e. The number of fused-ring (bicyclic) bond motifs is 1. The van der Waals surface area contributed by atoms with Gasteiger partial charge in [0.2, 0.25) is 0 Å².